The smallest absolute Gasteiger partial charge is 0.243 e. The minimum absolute atomic E-state index is 0.00396. The minimum atomic E-state index is -1.34. The number of carbonyl (C=O) groups is 3. The van der Waals surface area contributed by atoms with Crippen LogP contribution < -0.4 is 0 Å². The third-order valence-corrected chi connectivity index (χ3v) is 7.73. The summed E-state index contributed by atoms with van der Waals surface area (Å²) in [4.78, 5) is 42.9. The number of rotatable bonds is 12. The lowest BCUT2D eigenvalue weighted by atomic mass is 9.43. The van der Waals surface area contributed by atoms with Crippen molar-refractivity contribution in [1.82, 2.24) is 4.90 Å². The zero-order valence-electron chi connectivity index (χ0n) is 18.3. The van der Waals surface area contributed by atoms with Crippen molar-refractivity contribution in [3.05, 3.63) is 0 Å². The number of amides is 1. The molecule has 28 heavy (non-hydrogen) atoms. The molecule has 0 radical (unpaired) electrons. The highest BCUT2D eigenvalue weighted by atomic mass is 16.2. The normalized spacial score (nSPS) is 34.0. The second kappa shape index (κ2) is 8.28. The number of carbonyl (C=O) groups excluding carboxylic acids is 3. The van der Waals surface area contributed by atoms with E-state index in [0.29, 0.717) is 25.9 Å². The number of nitrogens with zero attached hydrogens (tertiary/aromatic N) is 1. The van der Waals surface area contributed by atoms with Gasteiger partial charge in [0.25, 0.3) is 0 Å². The van der Waals surface area contributed by atoms with E-state index in [1.165, 1.54) is 0 Å². The lowest BCUT2D eigenvalue weighted by Gasteiger charge is -2.64. The van der Waals surface area contributed by atoms with E-state index in [2.05, 4.69) is 20.8 Å². The maximum absolute atomic E-state index is 13.8. The number of piperidine rings is 3. The van der Waals surface area contributed by atoms with Gasteiger partial charge >= 0.3 is 0 Å². The standard InChI is InChI=1S/C24H39NO3/c1-4-7-10-13-22-16-23(14-11-8-5-2)18-25(17-22)21(28)24(19(22)26,20(23)27)15-12-9-6-3/h4-18H2,1-3H3/t22-,23+,24?. The molecule has 0 spiro atoms. The van der Waals surface area contributed by atoms with Crippen molar-refractivity contribution in [2.45, 2.75) is 104 Å². The highest BCUT2D eigenvalue weighted by Crippen LogP contribution is 2.62. The van der Waals surface area contributed by atoms with E-state index in [4.69, 9.17) is 0 Å². The van der Waals surface area contributed by atoms with Gasteiger partial charge in [0.1, 0.15) is 0 Å². The second-order valence-corrected chi connectivity index (χ2v) is 9.83. The van der Waals surface area contributed by atoms with E-state index < -0.39 is 16.2 Å². The van der Waals surface area contributed by atoms with Gasteiger partial charge < -0.3 is 4.90 Å². The average molecular weight is 390 g/mol. The predicted molar refractivity (Wildman–Crippen MR) is 111 cm³/mol. The van der Waals surface area contributed by atoms with Crippen LogP contribution in [0.15, 0.2) is 0 Å². The molecule has 4 heteroatoms. The molecule has 1 saturated carbocycles. The summed E-state index contributed by atoms with van der Waals surface area (Å²) in [7, 11) is 0. The Morgan fingerprint density at radius 1 is 0.679 bits per heavy atom. The van der Waals surface area contributed by atoms with Crippen molar-refractivity contribution in [3.63, 3.8) is 0 Å². The Labute approximate surface area is 170 Å². The topological polar surface area (TPSA) is 54.5 Å². The number of ketones is 2. The van der Waals surface area contributed by atoms with Gasteiger partial charge in [-0.1, -0.05) is 78.6 Å². The summed E-state index contributed by atoms with van der Waals surface area (Å²) in [6.45, 7) is 7.60. The van der Waals surface area contributed by atoms with Crippen molar-refractivity contribution >= 4 is 17.5 Å². The lowest BCUT2D eigenvalue weighted by Crippen LogP contribution is -2.79. The largest absolute Gasteiger partial charge is 0.339 e. The molecule has 158 valence electrons. The van der Waals surface area contributed by atoms with Crippen LogP contribution in [0.2, 0.25) is 0 Å². The van der Waals surface area contributed by atoms with Crippen molar-refractivity contribution in [1.29, 1.82) is 0 Å². The molecule has 0 aromatic heterocycles. The average Bonchev–Trinajstić information content (AvgIpc) is 2.68. The van der Waals surface area contributed by atoms with Crippen LogP contribution in [0.3, 0.4) is 0 Å². The van der Waals surface area contributed by atoms with Crippen LogP contribution in [0.1, 0.15) is 104 Å². The van der Waals surface area contributed by atoms with Crippen LogP contribution in [-0.2, 0) is 14.4 Å². The molecule has 1 aliphatic carbocycles. The van der Waals surface area contributed by atoms with Crippen LogP contribution in [0.25, 0.3) is 0 Å². The molecule has 4 nitrogen and oxygen atoms in total. The van der Waals surface area contributed by atoms with Crippen LogP contribution >= 0.6 is 0 Å². The molecule has 4 fully saturated rings. The van der Waals surface area contributed by atoms with Crippen molar-refractivity contribution < 1.29 is 14.4 Å². The summed E-state index contributed by atoms with van der Waals surface area (Å²) in [6.07, 6.45) is 12.1. The first-order valence-electron chi connectivity index (χ1n) is 11.8. The Morgan fingerprint density at radius 3 is 1.54 bits per heavy atom. The fraction of sp³-hybridized carbons (Fsp3) is 0.875. The van der Waals surface area contributed by atoms with E-state index in [9.17, 15) is 14.4 Å². The van der Waals surface area contributed by atoms with Gasteiger partial charge in [-0.3, -0.25) is 14.4 Å². The number of hydrogen-bond acceptors (Lipinski definition) is 3. The van der Waals surface area contributed by atoms with Crippen LogP contribution in [0, 0.1) is 16.2 Å². The SMILES string of the molecule is CCCCCC12C(=O)N3C[C@@](CCCCC)(C[C@@](CCCCC)(C3)C1=O)C2=O. The molecule has 0 aromatic rings. The summed E-state index contributed by atoms with van der Waals surface area (Å²) >= 11 is 0. The maximum atomic E-state index is 13.8. The number of hydrogen-bond donors (Lipinski definition) is 0. The molecule has 1 unspecified atom stereocenters. The molecule has 4 rings (SSSR count). The molecular formula is C24H39NO3. The molecule has 3 saturated heterocycles. The summed E-state index contributed by atoms with van der Waals surface area (Å²) in [5.41, 5.74) is -2.27. The van der Waals surface area contributed by atoms with E-state index in [1.54, 1.807) is 0 Å². The van der Waals surface area contributed by atoms with Crippen LogP contribution in [-0.4, -0.2) is 35.5 Å². The zero-order valence-corrected chi connectivity index (χ0v) is 18.3. The van der Waals surface area contributed by atoms with E-state index >= 15 is 0 Å². The Bertz CT molecular complexity index is 589. The van der Waals surface area contributed by atoms with Gasteiger partial charge in [-0.2, -0.15) is 0 Å². The fourth-order valence-corrected chi connectivity index (χ4v) is 6.43. The van der Waals surface area contributed by atoms with Gasteiger partial charge in [0.2, 0.25) is 5.91 Å². The van der Waals surface area contributed by atoms with Gasteiger partial charge in [-0.05, 0) is 25.7 Å². The Hall–Kier alpha value is -1.19. The van der Waals surface area contributed by atoms with E-state index in [0.717, 1.165) is 70.6 Å². The summed E-state index contributed by atoms with van der Waals surface area (Å²) < 4.78 is 0. The summed E-state index contributed by atoms with van der Waals surface area (Å²) in [5, 5.41) is 0. The lowest BCUT2D eigenvalue weighted by molar-refractivity contribution is -0.199. The van der Waals surface area contributed by atoms with Crippen LogP contribution in [0.4, 0.5) is 0 Å². The first kappa shape index (κ1) is 21.5. The maximum Gasteiger partial charge on any atom is 0.243 e. The van der Waals surface area contributed by atoms with E-state index in [1.807, 2.05) is 4.90 Å². The predicted octanol–water partition coefficient (Wildman–Crippen LogP) is 5.08. The third-order valence-electron chi connectivity index (χ3n) is 7.73. The first-order valence-corrected chi connectivity index (χ1v) is 11.8. The Kier molecular flexibility index (Phi) is 6.36. The molecule has 0 N–H and O–H groups in total. The van der Waals surface area contributed by atoms with Gasteiger partial charge in [0.15, 0.2) is 17.0 Å². The molecule has 1 amide bonds. The second-order valence-electron chi connectivity index (χ2n) is 9.83. The minimum Gasteiger partial charge on any atom is -0.339 e. The van der Waals surface area contributed by atoms with Gasteiger partial charge in [-0.15, -0.1) is 0 Å². The van der Waals surface area contributed by atoms with E-state index in [-0.39, 0.29) is 17.5 Å². The van der Waals surface area contributed by atoms with Gasteiger partial charge in [0, 0.05) is 23.9 Å². The Morgan fingerprint density at radius 2 is 1.11 bits per heavy atom. The number of Topliss-reactive ketones (excluding diaryl/α,β-unsaturated/α-hetero) is 2. The fourth-order valence-electron chi connectivity index (χ4n) is 6.43. The van der Waals surface area contributed by atoms with Gasteiger partial charge in [-0.25, -0.2) is 0 Å². The summed E-state index contributed by atoms with van der Waals surface area (Å²) in [6, 6.07) is 0. The molecule has 3 atom stereocenters. The Balaban J connectivity index is 1.98. The molecule has 3 heterocycles. The third kappa shape index (κ3) is 3.15. The zero-order chi connectivity index (χ0) is 20.4. The monoisotopic (exact) mass is 389 g/mol. The molecule has 4 aliphatic rings. The van der Waals surface area contributed by atoms with Crippen molar-refractivity contribution in [3.8, 4) is 0 Å². The molecular weight excluding hydrogens is 350 g/mol. The van der Waals surface area contributed by atoms with Crippen LogP contribution in [0.5, 0.6) is 0 Å². The molecule has 4 bridgehead atoms. The molecule has 0 aromatic carbocycles. The van der Waals surface area contributed by atoms with Gasteiger partial charge in [0.05, 0.1) is 0 Å². The highest BCUT2D eigenvalue weighted by molar-refractivity contribution is 6.30. The quantitative estimate of drug-likeness (QED) is 0.345. The van der Waals surface area contributed by atoms with Crippen molar-refractivity contribution in [2.75, 3.05) is 13.1 Å². The summed E-state index contributed by atoms with van der Waals surface area (Å²) in [5.74, 6) is -0.149. The first-order chi connectivity index (χ1) is 13.4. The highest BCUT2D eigenvalue weighted by Gasteiger charge is 2.75. The number of unbranched alkanes of at least 4 members (excludes halogenated alkanes) is 6. The molecule has 3 aliphatic heterocycles. The van der Waals surface area contributed by atoms with Crippen molar-refractivity contribution in [2.24, 2.45) is 16.2 Å².